The van der Waals surface area contributed by atoms with Crippen molar-refractivity contribution >= 4 is 27.5 Å². The summed E-state index contributed by atoms with van der Waals surface area (Å²) in [4.78, 5) is 13.0. The molecule has 0 aromatic heterocycles. The summed E-state index contributed by atoms with van der Waals surface area (Å²) in [6.45, 7) is 2.78. The summed E-state index contributed by atoms with van der Waals surface area (Å²) >= 11 is 0. The summed E-state index contributed by atoms with van der Waals surface area (Å²) in [5.74, 6) is -0.0884. The molecule has 3 rings (SSSR count). The van der Waals surface area contributed by atoms with Gasteiger partial charge >= 0.3 is 6.09 Å². The third-order valence-electron chi connectivity index (χ3n) is 3.65. The van der Waals surface area contributed by atoms with E-state index in [9.17, 15) is 13.2 Å². The van der Waals surface area contributed by atoms with Crippen molar-refractivity contribution in [2.45, 2.75) is 12.7 Å². The zero-order chi connectivity index (χ0) is 17.2. The van der Waals surface area contributed by atoms with Gasteiger partial charge in [0.05, 0.1) is 12.3 Å². The number of carbonyl (C=O) groups excluding carboxylic acids is 1. The van der Waals surface area contributed by atoms with Gasteiger partial charge in [-0.25, -0.2) is 13.2 Å². The number of benzene rings is 2. The highest BCUT2D eigenvalue weighted by atomic mass is 32.2. The number of amides is 1. The lowest BCUT2D eigenvalue weighted by Gasteiger charge is -2.14. The molecule has 2 aromatic carbocycles. The quantitative estimate of drug-likeness (QED) is 0.903. The lowest BCUT2D eigenvalue weighted by molar-refractivity contribution is 0.181. The van der Waals surface area contributed by atoms with Crippen molar-refractivity contribution in [3.05, 3.63) is 59.7 Å². The molecule has 1 aliphatic heterocycles. The van der Waals surface area contributed by atoms with Crippen molar-refractivity contribution in [3.8, 4) is 0 Å². The molecule has 1 N–H and O–H groups in total. The number of hydrogen-bond donors (Lipinski definition) is 1. The monoisotopic (exact) mass is 346 g/mol. The lowest BCUT2D eigenvalue weighted by Crippen LogP contribution is -2.23. The topological polar surface area (TPSA) is 75.7 Å². The van der Waals surface area contributed by atoms with Gasteiger partial charge in [0.15, 0.2) is 0 Å². The van der Waals surface area contributed by atoms with Crippen molar-refractivity contribution in [3.63, 3.8) is 0 Å². The van der Waals surface area contributed by atoms with Crippen LogP contribution in [0.1, 0.15) is 11.1 Å². The number of anilines is 2. The number of ether oxygens (including phenoxy) is 1. The van der Waals surface area contributed by atoms with Gasteiger partial charge in [-0.3, -0.25) is 9.62 Å². The molecule has 24 heavy (non-hydrogen) atoms. The van der Waals surface area contributed by atoms with E-state index in [0.29, 0.717) is 24.5 Å². The van der Waals surface area contributed by atoms with Gasteiger partial charge < -0.3 is 4.74 Å². The van der Waals surface area contributed by atoms with Crippen LogP contribution in [0.5, 0.6) is 0 Å². The zero-order valence-electron chi connectivity index (χ0n) is 13.2. The number of hydrogen-bond acceptors (Lipinski definition) is 4. The first kappa shape index (κ1) is 16.3. The highest BCUT2D eigenvalue weighted by Crippen LogP contribution is 2.22. The lowest BCUT2D eigenvalue weighted by atomic mass is 10.2. The molecule has 6 nitrogen and oxygen atoms in total. The molecule has 0 unspecified atom stereocenters. The molecule has 0 aliphatic carbocycles. The Hall–Kier alpha value is -2.54. The molecular weight excluding hydrogens is 328 g/mol. The fraction of sp³-hybridized carbons (Fsp3) is 0.235. The molecule has 0 bridgehead atoms. The minimum absolute atomic E-state index is 0.0884. The second kappa shape index (κ2) is 6.52. The van der Waals surface area contributed by atoms with Gasteiger partial charge in [-0.15, -0.1) is 0 Å². The molecule has 1 aliphatic rings. The standard InChI is InChI=1S/C17H18N2O4S/c1-13-3-2-4-14(11-13)12-24(21,22)18-15-5-7-16(8-6-15)19-9-10-23-17(19)20/h2-8,11,18H,9-10,12H2,1H3. The largest absolute Gasteiger partial charge is 0.447 e. The van der Waals surface area contributed by atoms with Crippen molar-refractivity contribution in [1.29, 1.82) is 0 Å². The SMILES string of the molecule is Cc1cccc(CS(=O)(=O)Nc2ccc(N3CCOC3=O)cc2)c1. The highest BCUT2D eigenvalue weighted by molar-refractivity contribution is 7.91. The Morgan fingerprint density at radius 2 is 1.92 bits per heavy atom. The van der Waals surface area contributed by atoms with E-state index in [0.717, 1.165) is 11.1 Å². The Labute approximate surface area is 141 Å². The number of sulfonamides is 1. The first-order valence-electron chi connectivity index (χ1n) is 7.53. The van der Waals surface area contributed by atoms with Crippen LogP contribution in [0.15, 0.2) is 48.5 Å². The molecular formula is C17H18N2O4S. The third kappa shape index (κ3) is 3.86. The maximum atomic E-state index is 12.3. The number of carbonyl (C=O) groups is 1. The molecule has 1 saturated heterocycles. The number of nitrogens with one attached hydrogen (secondary N) is 1. The second-order valence-corrected chi connectivity index (χ2v) is 7.39. The van der Waals surface area contributed by atoms with Crippen molar-refractivity contribution in [2.24, 2.45) is 0 Å². The van der Waals surface area contributed by atoms with E-state index < -0.39 is 10.0 Å². The molecule has 1 amide bonds. The van der Waals surface area contributed by atoms with E-state index >= 15 is 0 Å². The molecule has 0 spiro atoms. The minimum Gasteiger partial charge on any atom is -0.447 e. The van der Waals surface area contributed by atoms with Gasteiger partial charge in [-0.2, -0.15) is 0 Å². The maximum Gasteiger partial charge on any atom is 0.414 e. The summed E-state index contributed by atoms with van der Waals surface area (Å²) in [6, 6.07) is 14.0. The zero-order valence-corrected chi connectivity index (χ0v) is 14.0. The molecule has 7 heteroatoms. The van der Waals surface area contributed by atoms with Crippen LogP contribution in [-0.2, 0) is 20.5 Å². The van der Waals surface area contributed by atoms with Crippen LogP contribution in [0, 0.1) is 6.92 Å². The Morgan fingerprint density at radius 1 is 1.17 bits per heavy atom. The van der Waals surface area contributed by atoms with Gasteiger partial charge in [0, 0.05) is 11.4 Å². The Kier molecular flexibility index (Phi) is 4.44. The minimum atomic E-state index is -3.50. The Balaban J connectivity index is 1.69. The average Bonchev–Trinajstić information content (AvgIpc) is 2.93. The first-order valence-corrected chi connectivity index (χ1v) is 9.19. The molecule has 2 aromatic rings. The van der Waals surface area contributed by atoms with Crippen molar-refractivity contribution < 1.29 is 17.9 Å². The molecule has 0 atom stereocenters. The summed E-state index contributed by atoms with van der Waals surface area (Å²) < 4.78 is 32.0. The molecule has 126 valence electrons. The van der Waals surface area contributed by atoms with E-state index in [-0.39, 0.29) is 11.8 Å². The molecule has 1 heterocycles. The van der Waals surface area contributed by atoms with Crippen LogP contribution < -0.4 is 9.62 Å². The highest BCUT2D eigenvalue weighted by Gasteiger charge is 2.23. The van der Waals surface area contributed by atoms with Crippen LogP contribution in [0.25, 0.3) is 0 Å². The molecule has 0 saturated carbocycles. The van der Waals surface area contributed by atoms with Crippen LogP contribution >= 0.6 is 0 Å². The third-order valence-corrected chi connectivity index (χ3v) is 4.91. The Morgan fingerprint density at radius 3 is 2.54 bits per heavy atom. The van der Waals surface area contributed by atoms with Gasteiger partial charge in [0.2, 0.25) is 10.0 Å². The smallest absolute Gasteiger partial charge is 0.414 e. The van der Waals surface area contributed by atoms with E-state index in [1.165, 1.54) is 4.90 Å². The van der Waals surface area contributed by atoms with Crippen LogP contribution in [0.3, 0.4) is 0 Å². The first-order chi connectivity index (χ1) is 11.4. The van der Waals surface area contributed by atoms with Gasteiger partial charge in [-0.1, -0.05) is 29.8 Å². The van der Waals surface area contributed by atoms with Crippen LogP contribution in [0.2, 0.25) is 0 Å². The van der Waals surface area contributed by atoms with E-state index in [2.05, 4.69) is 4.72 Å². The molecule has 1 fully saturated rings. The fourth-order valence-corrected chi connectivity index (χ4v) is 3.76. The number of rotatable bonds is 5. The van der Waals surface area contributed by atoms with Crippen LogP contribution in [0.4, 0.5) is 16.2 Å². The van der Waals surface area contributed by atoms with Gasteiger partial charge in [0.1, 0.15) is 6.61 Å². The fourth-order valence-electron chi connectivity index (χ4n) is 2.57. The van der Waals surface area contributed by atoms with Gasteiger partial charge in [-0.05, 0) is 36.8 Å². The van der Waals surface area contributed by atoms with E-state index in [4.69, 9.17) is 4.74 Å². The number of cyclic esters (lactones) is 1. The average molecular weight is 346 g/mol. The summed E-state index contributed by atoms with van der Waals surface area (Å²) in [5.41, 5.74) is 2.89. The maximum absolute atomic E-state index is 12.3. The summed E-state index contributed by atoms with van der Waals surface area (Å²) in [5, 5.41) is 0. The predicted molar refractivity (Wildman–Crippen MR) is 92.6 cm³/mol. The van der Waals surface area contributed by atoms with Crippen LogP contribution in [-0.4, -0.2) is 27.7 Å². The van der Waals surface area contributed by atoms with Crippen molar-refractivity contribution in [1.82, 2.24) is 0 Å². The molecule has 0 radical (unpaired) electrons. The summed E-state index contributed by atoms with van der Waals surface area (Å²) in [7, 11) is -3.50. The van der Waals surface area contributed by atoms with Gasteiger partial charge in [0.25, 0.3) is 0 Å². The second-order valence-electron chi connectivity index (χ2n) is 5.66. The normalized spacial score (nSPS) is 14.5. The summed E-state index contributed by atoms with van der Waals surface area (Å²) in [6.07, 6.45) is -0.386. The van der Waals surface area contributed by atoms with Crippen molar-refractivity contribution in [2.75, 3.05) is 22.8 Å². The van der Waals surface area contributed by atoms with E-state index in [1.54, 1.807) is 30.3 Å². The Bertz CT molecular complexity index is 847. The number of aryl methyl sites for hydroxylation is 1. The van der Waals surface area contributed by atoms with E-state index in [1.807, 2.05) is 25.1 Å². The number of nitrogens with zero attached hydrogens (tertiary/aromatic N) is 1. The predicted octanol–water partition coefficient (Wildman–Crippen LogP) is 2.89.